The van der Waals surface area contributed by atoms with Crippen LogP contribution in [0.25, 0.3) is 0 Å². The highest BCUT2D eigenvalue weighted by molar-refractivity contribution is 5.85. The molecule has 3 N–H and O–H groups in total. The molecule has 2 aromatic carbocycles. The van der Waals surface area contributed by atoms with E-state index >= 15 is 0 Å². The predicted molar refractivity (Wildman–Crippen MR) is 162 cm³/mol. The molecule has 0 aliphatic carbocycles. The van der Waals surface area contributed by atoms with Crippen LogP contribution >= 0.6 is 0 Å². The standard InChI is InChI=1S/C31H43N7O6/c1-23(25-15-9-6-10-16-25)28(39)43-19-12-11-17-33-30(41)44-20-18-38-27(35-36-37-38)26(34-29(40)31(2,3)32-4)22-42-21-24-13-7-5-8-14-24/h5-10,13-16,23,26,32H,11-12,17-22H2,1-4H3,(H,33,41)(H,34,40)/t23?,26-/m1/s1. The molecule has 1 heterocycles. The van der Waals surface area contributed by atoms with Gasteiger partial charge in [0.15, 0.2) is 5.82 Å². The van der Waals surface area contributed by atoms with Crippen LogP contribution in [0.1, 0.15) is 62.5 Å². The molecule has 13 heteroatoms. The molecule has 0 aliphatic rings. The fraction of sp³-hybridized carbons (Fsp3) is 0.484. The van der Waals surface area contributed by atoms with Gasteiger partial charge in [0.05, 0.1) is 37.8 Å². The van der Waals surface area contributed by atoms with Gasteiger partial charge in [-0.25, -0.2) is 9.48 Å². The third-order valence-corrected chi connectivity index (χ3v) is 7.04. The second-order valence-electron chi connectivity index (χ2n) is 10.7. The molecule has 0 saturated carbocycles. The Morgan fingerprint density at radius 2 is 1.66 bits per heavy atom. The first-order chi connectivity index (χ1) is 21.2. The van der Waals surface area contributed by atoms with Crippen LogP contribution in [0.2, 0.25) is 0 Å². The zero-order valence-electron chi connectivity index (χ0n) is 25.8. The molecule has 13 nitrogen and oxygen atoms in total. The van der Waals surface area contributed by atoms with E-state index in [1.54, 1.807) is 20.9 Å². The zero-order chi connectivity index (χ0) is 31.8. The monoisotopic (exact) mass is 609 g/mol. The van der Waals surface area contributed by atoms with Crippen molar-refractivity contribution in [1.82, 2.24) is 36.2 Å². The topological polar surface area (TPSA) is 159 Å². The average Bonchev–Trinajstić information content (AvgIpc) is 3.51. The Morgan fingerprint density at radius 1 is 0.955 bits per heavy atom. The van der Waals surface area contributed by atoms with Crippen molar-refractivity contribution < 1.29 is 28.6 Å². The van der Waals surface area contributed by atoms with Crippen molar-refractivity contribution in [2.45, 2.75) is 64.3 Å². The number of carbonyl (C=O) groups is 3. The van der Waals surface area contributed by atoms with Gasteiger partial charge in [-0.15, -0.1) is 5.10 Å². The van der Waals surface area contributed by atoms with E-state index in [0.717, 1.165) is 11.1 Å². The van der Waals surface area contributed by atoms with Crippen molar-refractivity contribution in [2.24, 2.45) is 0 Å². The number of likely N-dealkylation sites (N-methyl/N-ethyl adjacent to an activating group) is 1. The van der Waals surface area contributed by atoms with Crippen LogP contribution in [-0.4, -0.2) is 77.1 Å². The minimum Gasteiger partial charge on any atom is -0.465 e. The molecule has 2 atom stereocenters. The lowest BCUT2D eigenvalue weighted by atomic mass is 10.0. The zero-order valence-corrected chi connectivity index (χ0v) is 25.8. The minimum absolute atomic E-state index is 0.00636. The van der Waals surface area contributed by atoms with E-state index < -0.39 is 17.7 Å². The van der Waals surface area contributed by atoms with E-state index in [0.29, 0.717) is 31.8 Å². The first-order valence-electron chi connectivity index (χ1n) is 14.7. The number of hydrogen-bond acceptors (Lipinski definition) is 10. The first-order valence-corrected chi connectivity index (χ1v) is 14.7. The molecule has 1 unspecified atom stereocenters. The molecule has 0 spiro atoms. The van der Waals surface area contributed by atoms with E-state index in [1.807, 2.05) is 67.6 Å². The summed E-state index contributed by atoms with van der Waals surface area (Å²) in [6.07, 6.45) is 0.638. The third-order valence-electron chi connectivity index (χ3n) is 7.04. The highest BCUT2D eigenvalue weighted by Crippen LogP contribution is 2.16. The van der Waals surface area contributed by atoms with Crippen LogP contribution in [0.5, 0.6) is 0 Å². The number of aromatic nitrogens is 4. The average molecular weight is 610 g/mol. The van der Waals surface area contributed by atoms with Crippen molar-refractivity contribution >= 4 is 18.0 Å². The van der Waals surface area contributed by atoms with Crippen molar-refractivity contribution in [3.63, 3.8) is 0 Å². The smallest absolute Gasteiger partial charge is 0.407 e. The number of amides is 2. The minimum atomic E-state index is -0.834. The molecular weight excluding hydrogens is 566 g/mol. The second-order valence-corrected chi connectivity index (χ2v) is 10.7. The number of carbonyl (C=O) groups excluding carboxylic acids is 3. The number of hydrogen-bond donors (Lipinski definition) is 3. The van der Waals surface area contributed by atoms with Gasteiger partial charge in [0.1, 0.15) is 12.6 Å². The summed E-state index contributed by atoms with van der Waals surface area (Å²) >= 11 is 0. The maximum Gasteiger partial charge on any atom is 0.407 e. The largest absolute Gasteiger partial charge is 0.465 e. The van der Waals surface area contributed by atoms with Crippen LogP contribution < -0.4 is 16.0 Å². The first kappa shape index (κ1) is 34.1. The highest BCUT2D eigenvalue weighted by atomic mass is 16.5. The van der Waals surface area contributed by atoms with Crippen LogP contribution in [0, 0.1) is 0 Å². The fourth-order valence-electron chi connectivity index (χ4n) is 3.99. The number of nitrogens with one attached hydrogen (secondary N) is 3. The van der Waals surface area contributed by atoms with Crippen LogP contribution in [-0.2, 0) is 37.0 Å². The quantitative estimate of drug-likeness (QED) is 0.145. The summed E-state index contributed by atoms with van der Waals surface area (Å²) in [5.74, 6) is -0.489. The number of unbranched alkanes of at least 4 members (excludes halogenated alkanes) is 1. The summed E-state index contributed by atoms with van der Waals surface area (Å²) < 4.78 is 18.0. The van der Waals surface area contributed by atoms with Gasteiger partial charge in [-0.3, -0.25) is 9.59 Å². The van der Waals surface area contributed by atoms with Crippen molar-refractivity contribution in [1.29, 1.82) is 0 Å². The third kappa shape index (κ3) is 11.0. The van der Waals surface area contributed by atoms with Crippen molar-refractivity contribution in [3.05, 3.63) is 77.6 Å². The molecule has 3 rings (SSSR count). The van der Waals surface area contributed by atoms with Crippen molar-refractivity contribution in [3.8, 4) is 0 Å². The summed E-state index contributed by atoms with van der Waals surface area (Å²) in [5.41, 5.74) is 1.07. The molecule has 3 aromatic rings. The molecule has 0 fully saturated rings. The normalized spacial score (nSPS) is 12.6. The molecule has 44 heavy (non-hydrogen) atoms. The Labute approximate surface area is 258 Å². The number of alkyl carbamates (subject to hydrolysis) is 1. The Morgan fingerprint density at radius 3 is 2.36 bits per heavy atom. The van der Waals surface area contributed by atoms with Gasteiger partial charge in [-0.2, -0.15) is 0 Å². The van der Waals surface area contributed by atoms with E-state index in [4.69, 9.17) is 14.2 Å². The van der Waals surface area contributed by atoms with E-state index in [1.165, 1.54) is 4.68 Å². The molecule has 0 bridgehead atoms. The molecule has 2 amide bonds. The summed E-state index contributed by atoms with van der Waals surface area (Å²) in [5, 5.41) is 20.5. The number of ether oxygens (including phenoxy) is 3. The van der Waals surface area contributed by atoms with Crippen LogP contribution in [0.3, 0.4) is 0 Å². The summed E-state index contributed by atoms with van der Waals surface area (Å²) in [6, 6.07) is 18.5. The number of benzene rings is 2. The van der Waals surface area contributed by atoms with Crippen LogP contribution in [0.4, 0.5) is 4.79 Å². The lowest BCUT2D eigenvalue weighted by molar-refractivity contribution is -0.145. The van der Waals surface area contributed by atoms with Gasteiger partial charge in [-0.05, 0) is 62.2 Å². The SMILES string of the molecule is CNC(C)(C)C(=O)N[C@H](COCc1ccccc1)c1nnnn1CCOC(=O)NCCCCOC(=O)C(C)c1ccccc1. The Kier molecular flexibility index (Phi) is 13.7. The van der Waals surface area contributed by atoms with Gasteiger partial charge >= 0.3 is 12.1 Å². The summed E-state index contributed by atoms with van der Waals surface area (Å²) in [6.45, 7) is 6.64. The predicted octanol–water partition coefficient (Wildman–Crippen LogP) is 2.90. The molecule has 0 saturated heterocycles. The number of tetrazole rings is 1. The van der Waals surface area contributed by atoms with Crippen molar-refractivity contribution in [2.75, 3.05) is 33.4 Å². The molecule has 0 aliphatic heterocycles. The lowest BCUT2D eigenvalue weighted by Gasteiger charge is -2.26. The molecular formula is C31H43N7O6. The van der Waals surface area contributed by atoms with E-state index in [9.17, 15) is 14.4 Å². The lowest BCUT2D eigenvalue weighted by Crippen LogP contribution is -2.52. The van der Waals surface area contributed by atoms with Gasteiger partial charge in [0.2, 0.25) is 5.91 Å². The summed E-state index contributed by atoms with van der Waals surface area (Å²) in [7, 11) is 1.70. The Bertz CT molecular complexity index is 1300. The number of rotatable bonds is 18. The molecule has 1 aromatic heterocycles. The number of esters is 1. The van der Waals surface area contributed by atoms with Crippen LogP contribution in [0.15, 0.2) is 60.7 Å². The van der Waals surface area contributed by atoms with Gasteiger partial charge < -0.3 is 30.2 Å². The maximum atomic E-state index is 12.9. The van der Waals surface area contributed by atoms with Gasteiger partial charge in [-0.1, -0.05) is 60.7 Å². The molecule has 0 radical (unpaired) electrons. The number of nitrogens with zero attached hydrogens (tertiary/aromatic N) is 4. The molecule has 238 valence electrons. The van der Waals surface area contributed by atoms with E-state index in [-0.39, 0.29) is 44.2 Å². The second kappa shape index (κ2) is 17.7. The maximum absolute atomic E-state index is 12.9. The Balaban J connectivity index is 1.40. The van der Waals surface area contributed by atoms with Gasteiger partial charge in [0, 0.05) is 6.54 Å². The fourth-order valence-corrected chi connectivity index (χ4v) is 3.99. The summed E-state index contributed by atoms with van der Waals surface area (Å²) in [4.78, 5) is 37.3. The Hall–Kier alpha value is -4.36. The van der Waals surface area contributed by atoms with Gasteiger partial charge in [0.25, 0.3) is 0 Å². The van der Waals surface area contributed by atoms with E-state index in [2.05, 4.69) is 31.5 Å². The highest BCUT2D eigenvalue weighted by Gasteiger charge is 2.30.